The van der Waals surface area contributed by atoms with Crippen LogP contribution in [0.15, 0.2) is 54.0 Å². The van der Waals surface area contributed by atoms with Gasteiger partial charge in [-0.05, 0) is 36.8 Å². The smallest absolute Gasteiger partial charge is 0.281 e. The average molecular weight is 432 g/mol. The predicted molar refractivity (Wildman–Crippen MR) is 120 cm³/mol. The third kappa shape index (κ3) is 3.64. The van der Waals surface area contributed by atoms with Crippen LogP contribution in [0.1, 0.15) is 41.7 Å². The lowest BCUT2D eigenvalue weighted by Crippen LogP contribution is -2.41. The van der Waals surface area contributed by atoms with Gasteiger partial charge in [-0.1, -0.05) is 24.3 Å². The minimum Gasteiger partial charge on any atom is -0.386 e. The Kier molecular flexibility index (Phi) is 4.97. The van der Waals surface area contributed by atoms with E-state index in [1.165, 1.54) is 6.20 Å². The van der Waals surface area contributed by atoms with Crippen molar-refractivity contribution in [2.24, 2.45) is 16.6 Å². The van der Waals surface area contributed by atoms with E-state index in [4.69, 9.17) is 16.2 Å². The van der Waals surface area contributed by atoms with Crippen molar-refractivity contribution >= 4 is 17.7 Å². The summed E-state index contributed by atoms with van der Waals surface area (Å²) in [7, 11) is 0. The maximum absolute atomic E-state index is 12.8. The quantitative estimate of drug-likeness (QED) is 0.452. The molecule has 32 heavy (non-hydrogen) atoms. The van der Waals surface area contributed by atoms with Crippen LogP contribution >= 0.6 is 0 Å². The van der Waals surface area contributed by atoms with E-state index in [-0.39, 0.29) is 17.9 Å². The highest BCUT2D eigenvalue weighted by Gasteiger charge is 2.46. The van der Waals surface area contributed by atoms with E-state index in [0.717, 1.165) is 29.5 Å². The van der Waals surface area contributed by atoms with Gasteiger partial charge in [-0.2, -0.15) is 10.1 Å². The van der Waals surface area contributed by atoms with E-state index in [1.807, 2.05) is 24.3 Å². The van der Waals surface area contributed by atoms with Crippen LogP contribution in [0.2, 0.25) is 0 Å². The van der Waals surface area contributed by atoms with Crippen LogP contribution in [0.4, 0.5) is 5.95 Å². The second-order valence-corrected chi connectivity index (χ2v) is 8.59. The number of amides is 1. The van der Waals surface area contributed by atoms with Crippen LogP contribution in [-0.4, -0.2) is 44.7 Å². The van der Waals surface area contributed by atoms with E-state index in [2.05, 4.69) is 27.0 Å². The summed E-state index contributed by atoms with van der Waals surface area (Å²) in [6.45, 7) is 3.28. The molecule has 1 saturated carbocycles. The molecular formula is C23H25N7O2. The molecule has 0 radical (unpaired) electrons. The number of rotatable bonds is 6. The van der Waals surface area contributed by atoms with Crippen molar-refractivity contribution in [3.05, 3.63) is 60.2 Å². The third-order valence-electron chi connectivity index (χ3n) is 6.48. The Morgan fingerprint density at radius 2 is 1.81 bits per heavy atom. The zero-order valence-corrected chi connectivity index (χ0v) is 17.8. The van der Waals surface area contributed by atoms with Crippen LogP contribution in [-0.2, 0) is 10.2 Å². The molecule has 1 amide bonds. The van der Waals surface area contributed by atoms with Gasteiger partial charge in [0, 0.05) is 24.2 Å². The van der Waals surface area contributed by atoms with Crippen LogP contribution in [0.25, 0.3) is 11.1 Å². The zero-order valence-electron chi connectivity index (χ0n) is 17.8. The lowest BCUT2D eigenvalue weighted by molar-refractivity contribution is -0.0286. The summed E-state index contributed by atoms with van der Waals surface area (Å²) in [5, 5.41) is 4.27. The highest BCUT2D eigenvalue weighted by atomic mass is 16.5. The lowest BCUT2D eigenvalue weighted by Gasteiger charge is -2.30. The molecule has 1 atom stereocenters. The fourth-order valence-electron chi connectivity index (χ4n) is 4.06. The first-order valence-electron chi connectivity index (χ1n) is 10.6. The van der Waals surface area contributed by atoms with Crippen molar-refractivity contribution in [1.29, 1.82) is 0 Å². The van der Waals surface area contributed by atoms with Crippen molar-refractivity contribution < 1.29 is 9.53 Å². The molecule has 3 heterocycles. The number of carbonyl (C=O) groups excluding carboxylic acids is 1. The van der Waals surface area contributed by atoms with Gasteiger partial charge < -0.3 is 16.2 Å². The van der Waals surface area contributed by atoms with E-state index in [9.17, 15) is 4.79 Å². The molecule has 3 aromatic rings. The van der Waals surface area contributed by atoms with Crippen LogP contribution in [0.5, 0.6) is 0 Å². The number of hydrogen-bond donors (Lipinski definition) is 2. The predicted octanol–water partition coefficient (Wildman–Crippen LogP) is 2.36. The van der Waals surface area contributed by atoms with Crippen molar-refractivity contribution in [2.75, 3.05) is 18.9 Å². The topological polar surface area (TPSA) is 134 Å². The van der Waals surface area contributed by atoms with Crippen molar-refractivity contribution in [3.63, 3.8) is 0 Å². The highest BCUT2D eigenvalue weighted by Crippen LogP contribution is 2.47. The molecule has 0 bridgehead atoms. The SMILES string of the molecule is C[C@@](C(N)=NC(=O)c1cnn(C2COC2)c1)(c1ccc(-c2cnc(N)nc2)cc1)C1CC1. The Morgan fingerprint density at radius 1 is 1.12 bits per heavy atom. The molecule has 1 aliphatic carbocycles. The molecule has 1 saturated heterocycles. The largest absolute Gasteiger partial charge is 0.386 e. The van der Waals surface area contributed by atoms with Crippen molar-refractivity contribution in [2.45, 2.75) is 31.2 Å². The lowest BCUT2D eigenvalue weighted by atomic mass is 9.76. The number of nitrogens with zero attached hydrogens (tertiary/aromatic N) is 5. The molecule has 9 heteroatoms. The summed E-state index contributed by atoms with van der Waals surface area (Å²) < 4.78 is 6.94. The average Bonchev–Trinajstić information content (AvgIpc) is 3.51. The maximum atomic E-state index is 12.8. The van der Waals surface area contributed by atoms with Gasteiger partial charge in [-0.3, -0.25) is 9.48 Å². The zero-order chi connectivity index (χ0) is 22.3. The minimum atomic E-state index is -0.524. The van der Waals surface area contributed by atoms with Gasteiger partial charge in [0.25, 0.3) is 5.91 Å². The molecule has 4 N–H and O–H groups in total. The molecule has 1 aliphatic heterocycles. The minimum absolute atomic E-state index is 0.180. The molecule has 0 spiro atoms. The second kappa shape index (κ2) is 7.83. The Bertz CT molecular complexity index is 1160. The van der Waals surface area contributed by atoms with Gasteiger partial charge >= 0.3 is 0 Å². The number of nitrogens with two attached hydrogens (primary N) is 2. The number of aliphatic imine (C=N–C) groups is 1. The normalized spacial score (nSPS) is 18.7. The summed E-state index contributed by atoms with van der Waals surface area (Å²) >= 11 is 0. The van der Waals surface area contributed by atoms with Crippen LogP contribution in [0.3, 0.4) is 0 Å². The fourth-order valence-corrected chi connectivity index (χ4v) is 4.06. The first kappa shape index (κ1) is 20.3. The second-order valence-electron chi connectivity index (χ2n) is 8.59. The van der Waals surface area contributed by atoms with Gasteiger partial charge in [0.05, 0.1) is 36.4 Å². The van der Waals surface area contributed by atoms with Crippen LogP contribution < -0.4 is 11.5 Å². The van der Waals surface area contributed by atoms with E-state index >= 15 is 0 Å². The number of amidine groups is 1. The standard InChI is InChI=1S/C23H25N7O2/c1-23(18-6-7-18,17-4-2-14(3-5-17)15-8-26-22(25)27-9-15)21(24)29-20(31)16-10-28-30(11-16)19-12-32-13-19/h2-5,8-11,18-19H,6-7,12-13H2,1H3,(H2,24,29,31)(H2,25,26,27)/t23-/m1/s1. The van der Waals surface area contributed by atoms with Gasteiger partial charge in [0.1, 0.15) is 5.84 Å². The Morgan fingerprint density at radius 3 is 2.41 bits per heavy atom. The first-order chi connectivity index (χ1) is 15.4. The highest BCUT2D eigenvalue weighted by molar-refractivity contribution is 6.06. The summed E-state index contributed by atoms with van der Waals surface area (Å²) in [6.07, 6.45) is 8.74. The Labute approximate surface area is 185 Å². The monoisotopic (exact) mass is 431 g/mol. The summed E-state index contributed by atoms with van der Waals surface area (Å²) in [6, 6.07) is 8.26. The van der Waals surface area contributed by atoms with E-state index in [0.29, 0.717) is 30.5 Å². The fraction of sp³-hybridized carbons (Fsp3) is 0.348. The van der Waals surface area contributed by atoms with Gasteiger partial charge in [-0.15, -0.1) is 0 Å². The molecule has 1 aromatic carbocycles. The Balaban J connectivity index is 1.40. The van der Waals surface area contributed by atoms with Crippen molar-refractivity contribution in [1.82, 2.24) is 19.7 Å². The summed E-state index contributed by atoms with van der Waals surface area (Å²) in [4.78, 5) is 25.2. The molecule has 2 aliphatic rings. The Hall–Kier alpha value is -3.59. The number of carbonyl (C=O) groups is 1. The van der Waals surface area contributed by atoms with Gasteiger partial charge in [-0.25, -0.2) is 9.97 Å². The number of benzene rings is 1. The molecule has 0 unspecified atom stereocenters. The molecule has 2 aromatic heterocycles. The van der Waals surface area contributed by atoms with Crippen molar-refractivity contribution in [3.8, 4) is 11.1 Å². The first-order valence-corrected chi connectivity index (χ1v) is 10.6. The van der Waals surface area contributed by atoms with E-state index in [1.54, 1.807) is 23.3 Å². The molecule has 2 fully saturated rings. The summed E-state index contributed by atoms with van der Waals surface area (Å²) in [5.74, 6) is 0.538. The number of aromatic nitrogens is 4. The van der Waals surface area contributed by atoms with E-state index < -0.39 is 5.41 Å². The maximum Gasteiger partial charge on any atom is 0.281 e. The van der Waals surface area contributed by atoms with Crippen LogP contribution in [0, 0.1) is 5.92 Å². The summed E-state index contributed by atoms with van der Waals surface area (Å²) in [5.41, 5.74) is 14.8. The van der Waals surface area contributed by atoms with Gasteiger partial charge in [0.15, 0.2) is 0 Å². The van der Waals surface area contributed by atoms with Gasteiger partial charge in [0.2, 0.25) is 5.95 Å². The number of nitrogen functional groups attached to an aromatic ring is 1. The number of ether oxygens (including phenoxy) is 1. The third-order valence-corrected chi connectivity index (χ3v) is 6.48. The molecular weight excluding hydrogens is 406 g/mol. The molecule has 5 rings (SSSR count). The molecule has 164 valence electrons. The number of anilines is 1. The number of hydrogen-bond acceptors (Lipinski definition) is 6. The molecule has 9 nitrogen and oxygen atoms in total.